The molecular formula is C27H36N6O2S. The van der Waals surface area contributed by atoms with Gasteiger partial charge in [0.15, 0.2) is 0 Å². The number of allylic oxidation sites excluding steroid dienone is 6. The molecule has 9 heteroatoms. The number of hydrogen-bond donors (Lipinski definition) is 4. The van der Waals surface area contributed by atoms with Gasteiger partial charge in [0.25, 0.3) is 0 Å². The first kappa shape index (κ1) is 30.4. The van der Waals surface area contributed by atoms with Crippen LogP contribution in [0, 0.1) is 12.8 Å². The number of aryl methyl sites for hydroxylation is 1. The van der Waals surface area contributed by atoms with Crippen molar-refractivity contribution in [2.75, 3.05) is 18.8 Å². The highest BCUT2D eigenvalue weighted by molar-refractivity contribution is 7.97. The van der Waals surface area contributed by atoms with E-state index in [1.54, 1.807) is 31.6 Å². The van der Waals surface area contributed by atoms with Crippen LogP contribution in [-0.4, -0.2) is 47.9 Å². The Morgan fingerprint density at radius 2 is 2.03 bits per heavy atom. The zero-order chi connectivity index (χ0) is 26.4. The van der Waals surface area contributed by atoms with Crippen LogP contribution in [0.2, 0.25) is 0 Å². The number of aromatic nitrogens is 1. The fraction of sp³-hybridized carbons (Fsp3) is 0.333. The summed E-state index contributed by atoms with van der Waals surface area (Å²) in [6, 6.07) is 3.45. The largest absolute Gasteiger partial charge is 0.384 e. The van der Waals surface area contributed by atoms with Gasteiger partial charge in [-0.2, -0.15) is 0 Å². The first-order chi connectivity index (χ1) is 17.6. The Hall–Kier alpha value is -3.61. The maximum atomic E-state index is 12.8. The second kappa shape index (κ2) is 19.7. The maximum Gasteiger partial charge on any atom is 0.239 e. The molecule has 192 valence electrons. The second-order valence-corrected chi connectivity index (χ2v) is 8.35. The molecule has 1 aromatic rings. The third-order valence-electron chi connectivity index (χ3n) is 4.88. The van der Waals surface area contributed by atoms with Crippen LogP contribution in [0.15, 0.2) is 77.4 Å². The van der Waals surface area contributed by atoms with Crippen molar-refractivity contribution in [1.29, 1.82) is 0 Å². The van der Waals surface area contributed by atoms with E-state index >= 15 is 0 Å². The van der Waals surface area contributed by atoms with Crippen LogP contribution >= 0.6 is 11.9 Å². The Morgan fingerprint density at radius 1 is 1.25 bits per heavy atom. The van der Waals surface area contributed by atoms with Crippen LogP contribution in [0.25, 0.3) is 0 Å². The summed E-state index contributed by atoms with van der Waals surface area (Å²) in [6.45, 7) is 2.15. The van der Waals surface area contributed by atoms with Crippen molar-refractivity contribution in [3.63, 3.8) is 0 Å². The predicted octanol–water partition coefficient (Wildman–Crippen LogP) is 2.83. The van der Waals surface area contributed by atoms with E-state index < -0.39 is 6.04 Å². The lowest BCUT2D eigenvalue weighted by atomic mass is 10.1. The molecule has 0 bridgehead atoms. The Balaban J connectivity index is 0.00000316. The van der Waals surface area contributed by atoms with Crippen LogP contribution in [0.3, 0.4) is 0 Å². The van der Waals surface area contributed by atoms with Gasteiger partial charge in [-0.05, 0) is 55.5 Å². The van der Waals surface area contributed by atoms with Crippen LogP contribution in [0.5, 0.6) is 0 Å². The summed E-state index contributed by atoms with van der Waals surface area (Å²) >= 11 is 1.50. The molecule has 0 radical (unpaired) electrons. The summed E-state index contributed by atoms with van der Waals surface area (Å²) < 4.78 is 3.28. The van der Waals surface area contributed by atoms with Crippen molar-refractivity contribution in [2.24, 2.45) is 10.7 Å². The van der Waals surface area contributed by atoms with Crippen LogP contribution in [0.1, 0.15) is 31.7 Å². The molecule has 1 aliphatic rings. The molecule has 2 rings (SSSR count). The molecule has 0 aliphatic heterocycles. The minimum absolute atomic E-state index is 0.0787. The van der Waals surface area contributed by atoms with Crippen molar-refractivity contribution >= 4 is 30.0 Å². The number of nitrogens with two attached hydrogens (primary N) is 1. The van der Waals surface area contributed by atoms with Crippen molar-refractivity contribution in [3.8, 4) is 12.8 Å². The highest BCUT2D eigenvalue weighted by Gasteiger charge is 2.19. The minimum atomic E-state index is -0.435. The Labute approximate surface area is 218 Å². The van der Waals surface area contributed by atoms with E-state index in [-0.39, 0.29) is 18.4 Å². The molecule has 0 fully saturated rings. The molecule has 2 amide bonds. The third-order valence-corrected chi connectivity index (χ3v) is 5.81. The second-order valence-electron chi connectivity index (χ2n) is 7.54. The summed E-state index contributed by atoms with van der Waals surface area (Å²) in [5.74, 6) is 0.732. The van der Waals surface area contributed by atoms with E-state index in [2.05, 4.69) is 56.4 Å². The fourth-order valence-electron chi connectivity index (χ4n) is 2.93. The number of terminal acetylenes is 1. The van der Waals surface area contributed by atoms with Gasteiger partial charge in [0.2, 0.25) is 11.8 Å². The number of nitrogens with zero attached hydrogens (tertiary/aromatic N) is 2. The lowest BCUT2D eigenvalue weighted by Gasteiger charge is -2.18. The number of amides is 2. The van der Waals surface area contributed by atoms with Gasteiger partial charge >= 0.3 is 0 Å². The molecule has 0 saturated heterocycles. The highest BCUT2D eigenvalue weighted by atomic mass is 32.2. The Morgan fingerprint density at radius 3 is 2.78 bits per heavy atom. The number of nitrogens with one attached hydrogen (secondary N) is 3. The molecule has 5 N–H and O–H groups in total. The molecule has 1 aliphatic carbocycles. The number of pyridine rings is 1. The Kier molecular flexibility index (Phi) is 16.6. The summed E-state index contributed by atoms with van der Waals surface area (Å²) in [7, 11) is 0. The van der Waals surface area contributed by atoms with Gasteiger partial charge in [-0.1, -0.05) is 42.3 Å². The number of aliphatic imine (C=N–C) groups is 1. The van der Waals surface area contributed by atoms with E-state index in [1.807, 2.05) is 24.3 Å². The van der Waals surface area contributed by atoms with Crippen LogP contribution in [0.4, 0.5) is 0 Å². The van der Waals surface area contributed by atoms with Crippen LogP contribution in [-0.2, 0) is 16.0 Å². The average molecular weight is 509 g/mol. The average Bonchev–Trinajstić information content (AvgIpc) is 3.19. The molecule has 8 nitrogen and oxygen atoms in total. The highest BCUT2D eigenvalue weighted by Crippen LogP contribution is 2.13. The summed E-state index contributed by atoms with van der Waals surface area (Å²) in [6.07, 6.45) is 28.0. The summed E-state index contributed by atoms with van der Waals surface area (Å²) in [5.41, 5.74) is 7.89. The quantitative estimate of drug-likeness (QED) is 0.133. The first-order valence-corrected chi connectivity index (χ1v) is 12.7. The molecule has 0 saturated carbocycles. The fourth-order valence-corrected chi connectivity index (χ4v) is 3.82. The number of rotatable bonds is 14. The first-order valence-electron chi connectivity index (χ1n) is 11.7. The molecular weight excluding hydrogens is 472 g/mol. The number of carbonyl (C=O) groups excluding carboxylic acids is 2. The number of carbonyl (C=O) groups is 2. The van der Waals surface area contributed by atoms with Crippen molar-refractivity contribution in [3.05, 3.63) is 77.9 Å². The van der Waals surface area contributed by atoms with Gasteiger partial charge in [-0.3, -0.25) is 19.3 Å². The van der Waals surface area contributed by atoms with Gasteiger partial charge in [0.05, 0.1) is 12.6 Å². The maximum absolute atomic E-state index is 12.8. The van der Waals surface area contributed by atoms with Crippen molar-refractivity contribution < 1.29 is 9.59 Å². The van der Waals surface area contributed by atoms with E-state index in [1.165, 1.54) is 17.5 Å². The monoisotopic (exact) mass is 508 g/mol. The predicted molar refractivity (Wildman–Crippen MR) is 150 cm³/mol. The van der Waals surface area contributed by atoms with Gasteiger partial charge in [0.1, 0.15) is 5.82 Å². The van der Waals surface area contributed by atoms with Gasteiger partial charge < -0.3 is 16.4 Å². The topological polar surface area (TPSA) is 121 Å². The summed E-state index contributed by atoms with van der Waals surface area (Å²) in [5, 5.41) is 5.50. The molecule has 36 heavy (non-hydrogen) atoms. The zero-order valence-electron chi connectivity index (χ0n) is 20.7. The van der Waals surface area contributed by atoms with E-state index in [0.717, 1.165) is 24.2 Å². The molecule has 1 aromatic heterocycles. The Bertz CT molecular complexity index is 967. The normalized spacial score (nSPS) is 13.8. The molecule has 1 atom stereocenters. The number of hydrogen-bond acceptors (Lipinski definition) is 7. The van der Waals surface area contributed by atoms with Crippen molar-refractivity contribution in [2.45, 2.75) is 38.6 Å². The van der Waals surface area contributed by atoms with Gasteiger partial charge in [-0.15, -0.1) is 12.8 Å². The standard InChI is InChI=1S/C25H34N6O2S.C2H2/c1-2-23(26)28-14-7-15-29-24(32)18-30-25(33)22(11-10-20-12-16-27-17-13-20)31-34-19-21-8-5-3-4-6-9-21;1-2/h2-5,8-9,12-14,16-17,22,31H,6-7,10-11,15,18-19,26H2,1H3,(H,29,32)(H,30,33);1-2H/b23-2-,28-14-;. The summed E-state index contributed by atoms with van der Waals surface area (Å²) in [4.78, 5) is 33.0. The third kappa shape index (κ3) is 13.9. The van der Waals surface area contributed by atoms with Gasteiger partial charge in [-0.25, -0.2) is 4.99 Å². The van der Waals surface area contributed by atoms with Crippen LogP contribution < -0.4 is 21.1 Å². The smallest absolute Gasteiger partial charge is 0.239 e. The molecule has 0 aromatic carbocycles. The minimum Gasteiger partial charge on any atom is -0.384 e. The molecule has 1 unspecified atom stereocenters. The lowest BCUT2D eigenvalue weighted by Crippen LogP contribution is -2.46. The van der Waals surface area contributed by atoms with Crippen molar-refractivity contribution in [1.82, 2.24) is 20.3 Å². The SMILES string of the molecule is C#C.C/C=C(N)\N=C/CCNC(=O)CNC(=O)C(CCc1ccncc1)NSCC1=CCC=CC=C1. The molecule has 0 spiro atoms. The van der Waals surface area contributed by atoms with E-state index in [9.17, 15) is 9.59 Å². The lowest BCUT2D eigenvalue weighted by molar-refractivity contribution is -0.127. The van der Waals surface area contributed by atoms with E-state index in [4.69, 9.17) is 5.73 Å². The molecule has 1 heterocycles. The van der Waals surface area contributed by atoms with E-state index in [0.29, 0.717) is 25.2 Å². The zero-order valence-corrected chi connectivity index (χ0v) is 21.5. The van der Waals surface area contributed by atoms with Gasteiger partial charge in [0, 0.05) is 37.3 Å².